The van der Waals surface area contributed by atoms with Gasteiger partial charge in [0, 0.05) is 24.5 Å². The second kappa shape index (κ2) is 7.06. The number of hydrogen-bond acceptors (Lipinski definition) is 7. The number of aliphatic imine (C=N–C) groups is 2. The maximum Gasteiger partial charge on any atom is 0.174 e. The molecule has 2 aliphatic rings. The molecule has 5 aromatic rings. The van der Waals surface area contributed by atoms with Crippen LogP contribution in [-0.2, 0) is 0 Å². The second-order valence-electron chi connectivity index (χ2n) is 8.17. The van der Waals surface area contributed by atoms with Crippen molar-refractivity contribution in [2.75, 3.05) is 36.0 Å². The average Bonchev–Trinajstić information content (AvgIpc) is 3.68. The number of nitrogens with one attached hydrogen (secondary N) is 2. The Morgan fingerprint density at radius 2 is 1.18 bits per heavy atom. The highest BCUT2D eigenvalue weighted by molar-refractivity contribution is 5.89. The molecule has 0 saturated carbocycles. The number of rotatable bonds is 4. The van der Waals surface area contributed by atoms with Gasteiger partial charge in [0.2, 0.25) is 0 Å². The maximum atomic E-state index is 6.12. The van der Waals surface area contributed by atoms with Gasteiger partial charge in [-0.3, -0.25) is 9.98 Å². The molecule has 7 rings (SSSR count). The molecule has 0 unspecified atom stereocenters. The van der Waals surface area contributed by atoms with Crippen LogP contribution in [0.2, 0.25) is 0 Å². The minimum atomic E-state index is 0.667. The van der Waals surface area contributed by atoms with Crippen LogP contribution >= 0.6 is 0 Å². The molecule has 0 spiro atoms. The highest BCUT2D eigenvalue weighted by Gasteiger charge is 2.16. The number of anilines is 2. The zero-order valence-corrected chi connectivity index (χ0v) is 17.7. The molecule has 3 aromatic heterocycles. The molecule has 2 aliphatic heterocycles. The van der Waals surface area contributed by atoms with Crippen LogP contribution in [0.3, 0.4) is 0 Å². The lowest BCUT2D eigenvalue weighted by Gasteiger charge is -2.13. The number of aromatic amines is 2. The molecule has 0 radical (unpaired) electrons. The van der Waals surface area contributed by atoms with Gasteiger partial charge >= 0.3 is 0 Å². The summed E-state index contributed by atoms with van der Waals surface area (Å²) in [6.45, 7) is 3.46. The first-order valence-corrected chi connectivity index (χ1v) is 10.9. The molecule has 0 bridgehead atoms. The zero-order valence-electron chi connectivity index (χ0n) is 17.7. The van der Waals surface area contributed by atoms with Crippen molar-refractivity contribution in [1.29, 1.82) is 0 Å². The molecule has 2 aromatic carbocycles. The third kappa shape index (κ3) is 3.08. The van der Waals surface area contributed by atoms with Crippen LogP contribution in [0.4, 0.5) is 11.4 Å². The van der Waals surface area contributed by atoms with Gasteiger partial charge < -0.3 is 24.2 Å². The fourth-order valence-electron chi connectivity index (χ4n) is 4.33. The van der Waals surface area contributed by atoms with Crippen LogP contribution in [0.15, 0.2) is 62.9 Å². The van der Waals surface area contributed by atoms with Gasteiger partial charge in [0.1, 0.15) is 0 Å². The number of nitrogens with zero attached hydrogens (tertiary/aromatic N) is 6. The molecule has 162 valence electrons. The number of furan rings is 1. The van der Waals surface area contributed by atoms with E-state index >= 15 is 0 Å². The third-order valence-corrected chi connectivity index (χ3v) is 6.05. The fraction of sp³-hybridized carbons (Fsp3) is 0.167. The van der Waals surface area contributed by atoms with Crippen molar-refractivity contribution in [2.45, 2.75) is 0 Å². The number of H-pyrrole nitrogens is 2. The summed E-state index contributed by atoms with van der Waals surface area (Å²) in [6.07, 6.45) is 3.76. The van der Waals surface area contributed by atoms with Crippen LogP contribution in [0.1, 0.15) is 0 Å². The predicted molar refractivity (Wildman–Crippen MR) is 130 cm³/mol. The van der Waals surface area contributed by atoms with Gasteiger partial charge in [-0.15, -0.1) is 0 Å². The Morgan fingerprint density at radius 3 is 1.64 bits per heavy atom. The largest absolute Gasteiger partial charge is 0.450 e. The van der Waals surface area contributed by atoms with Crippen molar-refractivity contribution in [3.05, 3.63) is 48.5 Å². The summed E-state index contributed by atoms with van der Waals surface area (Å²) in [7, 11) is 0. The number of imidazole rings is 2. The van der Waals surface area contributed by atoms with Crippen molar-refractivity contribution in [3.8, 4) is 23.2 Å². The van der Waals surface area contributed by atoms with E-state index in [2.05, 4.69) is 54.0 Å². The van der Waals surface area contributed by atoms with Crippen molar-refractivity contribution < 1.29 is 4.42 Å². The Bertz CT molecular complexity index is 1440. The number of hydrogen-bond donors (Lipinski definition) is 2. The summed E-state index contributed by atoms with van der Waals surface area (Å²) in [6, 6.07) is 16.2. The number of benzene rings is 2. The van der Waals surface area contributed by atoms with E-state index in [1.807, 2.05) is 36.9 Å². The standard InChI is InChI=1S/C24H20N8O/c1-3-17-19(11-15(1)31-9-7-25-13-31)29-23(27-17)21-5-6-22(33-21)24-28-18-4-2-16(12-20(18)30-24)32-10-8-26-14-32/h1-6,11-14H,7-10H2,(H,27,29)(H,28,30). The van der Waals surface area contributed by atoms with E-state index < -0.39 is 0 Å². The topological polar surface area (TPSA) is 102 Å². The molecule has 33 heavy (non-hydrogen) atoms. The molecular weight excluding hydrogens is 416 g/mol. The Labute approximate surface area is 188 Å². The van der Waals surface area contributed by atoms with Crippen molar-refractivity contribution in [3.63, 3.8) is 0 Å². The Morgan fingerprint density at radius 1 is 0.667 bits per heavy atom. The molecule has 0 saturated heterocycles. The van der Waals surface area contributed by atoms with E-state index in [-0.39, 0.29) is 0 Å². The zero-order chi connectivity index (χ0) is 21.8. The summed E-state index contributed by atoms with van der Waals surface area (Å²) in [5.74, 6) is 2.71. The van der Waals surface area contributed by atoms with Crippen molar-refractivity contribution in [1.82, 2.24) is 19.9 Å². The van der Waals surface area contributed by atoms with Gasteiger partial charge in [0.15, 0.2) is 23.2 Å². The van der Waals surface area contributed by atoms with Crippen LogP contribution in [0.5, 0.6) is 0 Å². The van der Waals surface area contributed by atoms with Gasteiger partial charge in [-0.05, 0) is 48.5 Å². The molecule has 5 heterocycles. The maximum absolute atomic E-state index is 6.12. The first kappa shape index (κ1) is 18.2. The highest BCUT2D eigenvalue weighted by atomic mass is 16.3. The lowest BCUT2D eigenvalue weighted by atomic mass is 10.2. The molecular formula is C24H20N8O. The SMILES string of the molecule is C1=NCCN1c1ccc2nc(-c3ccc(-c4nc5ccc(N6C=NCC6)cc5[nH]4)o3)[nH]c2c1. The second-order valence-corrected chi connectivity index (χ2v) is 8.17. The van der Waals surface area contributed by atoms with Crippen LogP contribution in [0.25, 0.3) is 45.2 Å². The Hall–Kier alpha value is -4.40. The van der Waals surface area contributed by atoms with Crippen molar-refractivity contribution in [2.24, 2.45) is 9.98 Å². The molecule has 0 atom stereocenters. The Kier molecular flexibility index (Phi) is 3.89. The molecule has 0 fully saturated rings. The summed E-state index contributed by atoms with van der Waals surface area (Å²) < 4.78 is 6.12. The van der Waals surface area contributed by atoms with E-state index in [1.165, 1.54) is 0 Å². The van der Waals surface area contributed by atoms with E-state index in [0.29, 0.717) is 23.2 Å². The molecule has 0 aliphatic carbocycles. The highest BCUT2D eigenvalue weighted by Crippen LogP contribution is 2.30. The van der Waals surface area contributed by atoms with Gasteiger partial charge in [0.25, 0.3) is 0 Å². The average molecular weight is 436 g/mol. The third-order valence-electron chi connectivity index (χ3n) is 6.05. The minimum absolute atomic E-state index is 0.667. The Balaban J connectivity index is 1.20. The van der Waals surface area contributed by atoms with Gasteiger partial charge in [-0.25, -0.2) is 9.97 Å². The van der Waals surface area contributed by atoms with Gasteiger partial charge in [-0.2, -0.15) is 0 Å². The molecule has 0 amide bonds. The van der Waals surface area contributed by atoms with Crippen LogP contribution in [0, 0.1) is 0 Å². The van der Waals surface area contributed by atoms with Crippen LogP contribution < -0.4 is 9.80 Å². The predicted octanol–water partition coefficient (Wildman–Crippen LogP) is 4.06. The molecule has 9 heteroatoms. The van der Waals surface area contributed by atoms with Crippen molar-refractivity contribution >= 4 is 46.1 Å². The normalized spacial score (nSPS) is 15.6. The van der Waals surface area contributed by atoms with Gasteiger partial charge in [0.05, 0.1) is 47.8 Å². The summed E-state index contributed by atoms with van der Waals surface area (Å²) >= 11 is 0. The first-order valence-electron chi connectivity index (χ1n) is 10.9. The molecule has 2 N–H and O–H groups in total. The number of fused-ring (bicyclic) bond motifs is 2. The molecule has 9 nitrogen and oxygen atoms in total. The smallest absolute Gasteiger partial charge is 0.174 e. The van der Waals surface area contributed by atoms with E-state index in [1.54, 1.807) is 0 Å². The summed E-state index contributed by atoms with van der Waals surface area (Å²) in [4.78, 5) is 29.0. The first-order chi connectivity index (χ1) is 16.3. The lowest BCUT2D eigenvalue weighted by Crippen LogP contribution is -2.17. The fourth-order valence-corrected chi connectivity index (χ4v) is 4.33. The van der Waals surface area contributed by atoms with E-state index in [4.69, 9.17) is 14.4 Å². The monoisotopic (exact) mass is 436 g/mol. The summed E-state index contributed by atoms with van der Waals surface area (Å²) in [5.41, 5.74) is 5.90. The van der Waals surface area contributed by atoms with Gasteiger partial charge in [-0.1, -0.05) is 0 Å². The van der Waals surface area contributed by atoms with E-state index in [0.717, 1.165) is 59.6 Å². The van der Waals surface area contributed by atoms with E-state index in [9.17, 15) is 0 Å². The number of aromatic nitrogens is 4. The quantitative estimate of drug-likeness (QED) is 0.442. The lowest BCUT2D eigenvalue weighted by molar-refractivity contribution is 0.589. The summed E-state index contributed by atoms with van der Waals surface area (Å²) in [5, 5.41) is 0. The van der Waals surface area contributed by atoms with Crippen LogP contribution in [-0.4, -0.2) is 58.8 Å². The minimum Gasteiger partial charge on any atom is -0.450 e.